The van der Waals surface area contributed by atoms with Gasteiger partial charge in [-0.3, -0.25) is 4.79 Å². The molecule has 1 aliphatic rings. The molecule has 2 rings (SSSR count). The highest BCUT2D eigenvalue weighted by Crippen LogP contribution is 2.18. The second-order valence-corrected chi connectivity index (χ2v) is 4.20. The van der Waals surface area contributed by atoms with E-state index in [9.17, 15) is 4.79 Å². The van der Waals surface area contributed by atoms with E-state index in [0.29, 0.717) is 18.7 Å². The Balaban J connectivity index is 2.19. The van der Waals surface area contributed by atoms with Crippen LogP contribution < -0.4 is 5.32 Å². The molecule has 0 atom stereocenters. The van der Waals surface area contributed by atoms with Gasteiger partial charge in [0.1, 0.15) is 0 Å². The number of hydrogen-bond donors (Lipinski definition) is 2. The minimum atomic E-state index is -0.00347. The van der Waals surface area contributed by atoms with E-state index in [1.807, 2.05) is 25.1 Å². The highest BCUT2D eigenvalue weighted by atomic mass is 16.3. The summed E-state index contributed by atoms with van der Waals surface area (Å²) in [5, 5.41) is 12.2. The van der Waals surface area contributed by atoms with Crippen LogP contribution in [-0.4, -0.2) is 35.6 Å². The lowest BCUT2D eigenvalue weighted by molar-refractivity contribution is 0.0732. The molecule has 4 heteroatoms. The summed E-state index contributed by atoms with van der Waals surface area (Å²) in [5.41, 5.74) is 3.19. The summed E-state index contributed by atoms with van der Waals surface area (Å²) < 4.78 is 0. The number of amides is 1. The molecule has 92 valence electrons. The van der Waals surface area contributed by atoms with Crippen molar-refractivity contribution >= 4 is 5.91 Å². The van der Waals surface area contributed by atoms with E-state index >= 15 is 0 Å². The Morgan fingerprint density at radius 2 is 2.18 bits per heavy atom. The molecule has 0 aromatic heterocycles. The van der Waals surface area contributed by atoms with E-state index in [1.54, 1.807) is 4.90 Å². The maximum atomic E-state index is 12.2. The summed E-state index contributed by atoms with van der Waals surface area (Å²) in [6, 6.07) is 5.83. The number of likely N-dealkylation sites (N-methyl/N-ethyl adjacent to an activating group) is 1. The molecule has 0 unspecified atom stereocenters. The van der Waals surface area contributed by atoms with Gasteiger partial charge in [0.25, 0.3) is 5.91 Å². The van der Waals surface area contributed by atoms with Gasteiger partial charge in [0, 0.05) is 31.7 Å². The third-order valence-electron chi connectivity index (χ3n) is 3.12. The second kappa shape index (κ2) is 5.29. The van der Waals surface area contributed by atoms with Crippen LogP contribution in [0.5, 0.6) is 0 Å². The van der Waals surface area contributed by atoms with Crippen LogP contribution in [0.25, 0.3) is 0 Å². The van der Waals surface area contributed by atoms with Crippen molar-refractivity contribution in [2.24, 2.45) is 0 Å². The largest absolute Gasteiger partial charge is 0.395 e. The van der Waals surface area contributed by atoms with Gasteiger partial charge in [0.2, 0.25) is 0 Å². The number of carbonyl (C=O) groups excluding carboxylic acids is 1. The third-order valence-corrected chi connectivity index (χ3v) is 3.12. The summed E-state index contributed by atoms with van der Waals surface area (Å²) in [5.74, 6) is -0.00347. The van der Waals surface area contributed by atoms with Gasteiger partial charge >= 0.3 is 0 Å². The first-order chi connectivity index (χ1) is 8.26. The zero-order chi connectivity index (χ0) is 12.3. The summed E-state index contributed by atoms with van der Waals surface area (Å²) in [6.45, 7) is 4.66. The number of aliphatic hydroxyl groups is 1. The molecule has 1 amide bonds. The van der Waals surface area contributed by atoms with Crippen LogP contribution in [-0.2, 0) is 13.1 Å². The van der Waals surface area contributed by atoms with E-state index in [2.05, 4.69) is 5.32 Å². The Morgan fingerprint density at radius 3 is 2.88 bits per heavy atom. The molecular weight excluding hydrogens is 216 g/mol. The van der Waals surface area contributed by atoms with E-state index in [0.717, 1.165) is 13.1 Å². The van der Waals surface area contributed by atoms with Crippen LogP contribution in [0.2, 0.25) is 0 Å². The number of nitrogens with one attached hydrogen (secondary N) is 1. The van der Waals surface area contributed by atoms with Crippen molar-refractivity contribution in [2.75, 3.05) is 19.7 Å². The molecule has 4 nitrogen and oxygen atoms in total. The van der Waals surface area contributed by atoms with Crippen LogP contribution in [0.4, 0.5) is 0 Å². The zero-order valence-electron chi connectivity index (χ0n) is 10.1. The van der Waals surface area contributed by atoms with Crippen LogP contribution in [0.1, 0.15) is 28.4 Å². The van der Waals surface area contributed by atoms with Gasteiger partial charge in [-0.1, -0.05) is 6.07 Å². The average molecular weight is 234 g/mol. The predicted octanol–water partition coefficient (Wildman–Crippen LogP) is 0.744. The number of carbonyl (C=O) groups is 1. The van der Waals surface area contributed by atoms with E-state index in [1.165, 1.54) is 11.1 Å². The fourth-order valence-corrected chi connectivity index (χ4v) is 2.13. The fourth-order valence-electron chi connectivity index (χ4n) is 2.13. The molecule has 0 aliphatic carbocycles. The SMILES string of the molecule is CCN(CCO)C(=O)c1ccc2c(c1)CNC2. The topological polar surface area (TPSA) is 52.6 Å². The molecule has 2 N–H and O–H groups in total. The van der Waals surface area contributed by atoms with Gasteiger partial charge in [-0.15, -0.1) is 0 Å². The first-order valence-corrected chi connectivity index (χ1v) is 5.99. The summed E-state index contributed by atoms with van der Waals surface area (Å²) in [7, 11) is 0. The molecule has 0 saturated carbocycles. The van der Waals surface area contributed by atoms with Crippen molar-refractivity contribution in [3.63, 3.8) is 0 Å². The molecule has 0 radical (unpaired) electrons. The van der Waals surface area contributed by atoms with Gasteiger partial charge in [-0.2, -0.15) is 0 Å². The molecule has 0 saturated heterocycles. The minimum absolute atomic E-state index is 0.00347. The van der Waals surface area contributed by atoms with E-state index < -0.39 is 0 Å². The Labute approximate surface area is 101 Å². The Bertz CT molecular complexity index is 418. The van der Waals surface area contributed by atoms with Crippen LogP contribution in [0, 0.1) is 0 Å². The highest BCUT2D eigenvalue weighted by molar-refractivity contribution is 5.94. The lowest BCUT2D eigenvalue weighted by atomic mass is 10.1. The quantitative estimate of drug-likeness (QED) is 0.808. The monoisotopic (exact) mass is 234 g/mol. The van der Waals surface area contributed by atoms with E-state index in [-0.39, 0.29) is 12.5 Å². The molecular formula is C13H18N2O2. The highest BCUT2D eigenvalue weighted by Gasteiger charge is 2.17. The number of hydrogen-bond acceptors (Lipinski definition) is 3. The fraction of sp³-hybridized carbons (Fsp3) is 0.462. The third kappa shape index (κ3) is 2.48. The molecule has 1 heterocycles. The number of rotatable bonds is 4. The molecule has 1 aliphatic heterocycles. The number of fused-ring (bicyclic) bond motifs is 1. The number of aliphatic hydroxyl groups excluding tert-OH is 1. The Kier molecular flexibility index (Phi) is 3.76. The van der Waals surface area contributed by atoms with Crippen LogP contribution >= 0.6 is 0 Å². The van der Waals surface area contributed by atoms with Crippen LogP contribution in [0.15, 0.2) is 18.2 Å². The average Bonchev–Trinajstić information content (AvgIpc) is 2.82. The van der Waals surface area contributed by atoms with Gasteiger partial charge in [-0.25, -0.2) is 0 Å². The molecule has 1 aromatic carbocycles. The van der Waals surface area contributed by atoms with E-state index in [4.69, 9.17) is 5.11 Å². The Hall–Kier alpha value is -1.39. The minimum Gasteiger partial charge on any atom is -0.395 e. The lowest BCUT2D eigenvalue weighted by Crippen LogP contribution is -2.33. The van der Waals surface area contributed by atoms with Crippen molar-refractivity contribution < 1.29 is 9.90 Å². The predicted molar refractivity (Wildman–Crippen MR) is 65.6 cm³/mol. The van der Waals surface area contributed by atoms with Gasteiger partial charge in [0.15, 0.2) is 0 Å². The maximum Gasteiger partial charge on any atom is 0.253 e. The van der Waals surface area contributed by atoms with Crippen molar-refractivity contribution in [3.05, 3.63) is 34.9 Å². The molecule has 17 heavy (non-hydrogen) atoms. The summed E-state index contributed by atoms with van der Waals surface area (Å²) in [6.07, 6.45) is 0. The van der Waals surface area contributed by atoms with Gasteiger partial charge in [0.05, 0.1) is 6.61 Å². The molecule has 1 aromatic rings. The summed E-state index contributed by atoms with van der Waals surface area (Å²) in [4.78, 5) is 13.8. The van der Waals surface area contributed by atoms with Crippen molar-refractivity contribution in [1.29, 1.82) is 0 Å². The number of benzene rings is 1. The van der Waals surface area contributed by atoms with Crippen molar-refractivity contribution in [3.8, 4) is 0 Å². The lowest BCUT2D eigenvalue weighted by Gasteiger charge is -2.20. The van der Waals surface area contributed by atoms with Crippen molar-refractivity contribution in [2.45, 2.75) is 20.0 Å². The normalized spacial score (nSPS) is 13.5. The maximum absolute atomic E-state index is 12.2. The van der Waals surface area contributed by atoms with Gasteiger partial charge < -0.3 is 15.3 Å². The Morgan fingerprint density at radius 1 is 1.41 bits per heavy atom. The second-order valence-electron chi connectivity index (χ2n) is 4.20. The summed E-state index contributed by atoms with van der Waals surface area (Å²) >= 11 is 0. The molecule has 0 bridgehead atoms. The van der Waals surface area contributed by atoms with Gasteiger partial charge in [-0.05, 0) is 30.2 Å². The smallest absolute Gasteiger partial charge is 0.253 e. The first-order valence-electron chi connectivity index (χ1n) is 5.99. The zero-order valence-corrected chi connectivity index (χ0v) is 10.1. The van der Waals surface area contributed by atoms with Crippen LogP contribution in [0.3, 0.4) is 0 Å². The standard InChI is InChI=1S/C13H18N2O2/c1-2-15(5-6-16)13(17)10-3-4-11-8-14-9-12(11)7-10/h3-4,7,14,16H,2,5-6,8-9H2,1H3. The molecule has 0 fully saturated rings. The molecule has 0 spiro atoms. The van der Waals surface area contributed by atoms with Crippen molar-refractivity contribution in [1.82, 2.24) is 10.2 Å². The number of nitrogens with zero attached hydrogens (tertiary/aromatic N) is 1. The first kappa shape index (κ1) is 12.1.